The maximum atomic E-state index is 9.49. The maximum Gasteiger partial charge on any atom is 0.0295 e. The fraction of sp³-hybridized carbons (Fsp3) is 0.750. The molecule has 0 amide bonds. The second-order valence-corrected chi connectivity index (χ2v) is 7.06. The van der Waals surface area contributed by atoms with Crippen molar-refractivity contribution in [3.63, 3.8) is 0 Å². The highest BCUT2D eigenvalue weighted by molar-refractivity contribution is 4.98. The number of allylic oxidation sites excluding steroid dienone is 2. The predicted octanol–water partition coefficient (Wildman–Crippen LogP) is 3.28. The normalized spacial score (nSPS) is 36.5. The van der Waals surface area contributed by atoms with Crippen LogP contribution in [0.2, 0.25) is 0 Å². The molecule has 3 nitrogen and oxygen atoms in total. The van der Waals surface area contributed by atoms with Crippen molar-refractivity contribution in [3.05, 3.63) is 24.9 Å². The number of hydroxylamine groups is 2. The van der Waals surface area contributed by atoms with Gasteiger partial charge >= 0.3 is 0 Å². The van der Waals surface area contributed by atoms with Gasteiger partial charge in [0.05, 0.1) is 0 Å². The van der Waals surface area contributed by atoms with Crippen molar-refractivity contribution in [3.8, 4) is 0 Å². The summed E-state index contributed by atoms with van der Waals surface area (Å²) in [5.41, 5.74) is 0.653. The molecular formula is C16H28N2O. The van der Waals surface area contributed by atoms with Crippen LogP contribution in [0.25, 0.3) is 0 Å². The van der Waals surface area contributed by atoms with Crippen molar-refractivity contribution in [1.29, 1.82) is 0 Å². The van der Waals surface area contributed by atoms with E-state index in [-0.39, 0.29) is 5.41 Å². The molecule has 0 spiro atoms. The third-order valence-electron chi connectivity index (χ3n) is 4.69. The van der Waals surface area contributed by atoms with Gasteiger partial charge in [-0.2, -0.15) is 5.06 Å². The summed E-state index contributed by atoms with van der Waals surface area (Å²) in [6.07, 6.45) is 11.1. The Kier molecular flexibility index (Phi) is 4.36. The van der Waals surface area contributed by atoms with E-state index in [1.54, 1.807) is 0 Å². The van der Waals surface area contributed by atoms with Crippen LogP contribution in [0.3, 0.4) is 0 Å². The van der Waals surface area contributed by atoms with Crippen LogP contribution >= 0.6 is 0 Å². The number of likely N-dealkylation sites (tertiary alicyclic amines) is 1. The number of rotatable bonds is 5. The standard InChI is InChI=1S/C16H28N2O/c1-4-6-15(2)8-11-17(13-15)10-5-7-16(3)9-12-18(19)14-16/h4-5,10,19H,1,6-9,11-14H2,2-3H3/b10-5+/t15-,16-/m1/s1. The zero-order valence-corrected chi connectivity index (χ0v) is 12.4. The largest absolute Gasteiger partial charge is 0.377 e. The molecule has 2 fully saturated rings. The molecule has 1 N–H and O–H groups in total. The topological polar surface area (TPSA) is 26.7 Å². The summed E-state index contributed by atoms with van der Waals surface area (Å²) in [6, 6.07) is 0. The predicted molar refractivity (Wildman–Crippen MR) is 79.0 cm³/mol. The average Bonchev–Trinajstić information content (AvgIpc) is 2.84. The summed E-state index contributed by atoms with van der Waals surface area (Å²) in [5.74, 6) is 0. The molecule has 19 heavy (non-hydrogen) atoms. The van der Waals surface area contributed by atoms with E-state index in [1.807, 2.05) is 6.08 Å². The fourth-order valence-electron chi connectivity index (χ4n) is 3.35. The Hall–Kier alpha value is -0.800. The van der Waals surface area contributed by atoms with E-state index in [0.717, 1.165) is 45.4 Å². The molecule has 0 aromatic heterocycles. The molecule has 0 aliphatic carbocycles. The second-order valence-electron chi connectivity index (χ2n) is 7.06. The number of hydrogen-bond donors (Lipinski definition) is 1. The van der Waals surface area contributed by atoms with Crippen molar-refractivity contribution in [2.75, 3.05) is 26.2 Å². The molecule has 2 aliphatic rings. The lowest BCUT2D eigenvalue weighted by Crippen LogP contribution is -2.22. The molecule has 2 rings (SSSR count). The summed E-state index contributed by atoms with van der Waals surface area (Å²) in [6.45, 7) is 12.4. The Balaban J connectivity index is 1.79. The van der Waals surface area contributed by atoms with Crippen LogP contribution in [-0.4, -0.2) is 41.3 Å². The maximum absolute atomic E-state index is 9.49. The summed E-state index contributed by atoms with van der Waals surface area (Å²) in [5, 5.41) is 10.9. The van der Waals surface area contributed by atoms with Gasteiger partial charge in [0.15, 0.2) is 0 Å². The van der Waals surface area contributed by atoms with Gasteiger partial charge in [-0.15, -0.1) is 6.58 Å². The Labute approximate surface area is 117 Å². The highest BCUT2D eigenvalue weighted by Crippen LogP contribution is 2.35. The minimum absolute atomic E-state index is 0.245. The van der Waals surface area contributed by atoms with E-state index < -0.39 is 0 Å². The Morgan fingerprint density at radius 2 is 1.79 bits per heavy atom. The molecule has 0 unspecified atom stereocenters. The van der Waals surface area contributed by atoms with Crippen molar-refractivity contribution in [2.45, 2.75) is 39.5 Å². The number of hydrogen-bond acceptors (Lipinski definition) is 3. The van der Waals surface area contributed by atoms with E-state index in [9.17, 15) is 5.21 Å². The lowest BCUT2D eigenvalue weighted by Gasteiger charge is -2.23. The molecule has 2 heterocycles. The van der Waals surface area contributed by atoms with Crippen molar-refractivity contribution < 1.29 is 5.21 Å². The third kappa shape index (κ3) is 3.83. The van der Waals surface area contributed by atoms with Crippen LogP contribution in [0.1, 0.15) is 39.5 Å². The zero-order chi connectivity index (χ0) is 13.9. The average molecular weight is 264 g/mol. The van der Waals surface area contributed by atoms with Crippen molar-refractivity contribution in [2.24, 2.45) is 10.8 Å². The molecule has 108 valence electrons. The van der Waals surface area contributed by atoms with Gasteiger partial charge in [-0.05, 0) is 42.7 Å². The molecular weight excluding hydrogens is 236 g/mol. The van der Waals surface area contributed by atoms with Crippen molar-refractivity contribution >= 4 is 0 Å². The molecule has 0 saturated carbocycles. The first-order chi connectivity index (χ1) is 8.95. The first-order valence-corrected chi connectivity index (χ1v) is 7.40. The third-order valence-corrected chi connectivity index (χ3v) is 4.69. The minimum atomic E-state index is 0.245. The van der Waals surface area contributed by atoms with Crippen LogP contribution in [0.5, 0.6) is 0 Å². The lowest BCUT2D eigenvalue weighted by molar-refractivity contribution is -0.0761. The van der Waals surface area contributed by atoms with Crippen LogP contribution in [0.4, 0.5) is 0 Å². The van der Waals surface area contributed by atoms with Gasteiger partial charge in [0.1, 0.15) is 0 Å². The van der Waals surface area contributed by atoms with Gasteiger partial charge in [0, 0.05) is 26.2 Å². The van der Waals surface area contributed by atoms with Crippen LogP contribution < -0.4 is 0 Å². The number of nitrogens with zero attached hydrogens (tertiary/aromatic N) is 2. The highest BCUT2D eigenvalue weighted by Gasteiger charge is 2.33. The van der Waals surface area contributed by atoms with E-state index in [4.69, 9.17) is 0 Å². The molecule has 0 aromatic rings. The van der Waals surface area contributed by atoms with E-state index in [0.29, 0.717) is 5.41 Å². The summed E-state index contributed by atoms with van der Waals surface area (Å²) < 4.78 is 0. The Morgan fingerprint density at radius 1 is 1.11 bits per heavy atom. The van der Waals surface area contributed by atoms with Gasteiger partial charge in [-0.3, -0.25) is 0 Å². The highest BCUT2D eigenvalue weighted by atomic mass is 16.5. The fourth-order valence-corrected chi connectivity index (χ4v) is 3.35. The lowest BCUT2D eigenvalue weighted by atomic mass is 9.86. The van der Waals surface area contributed by atoms with Gasteiger partial charge in [-0.1, -0.05) is 26.0 Å². The summed E-state index contributed by atoms with van der Waals surface area (Å²) >= 11 is 0. The van der Waals surface area contributed by atoms with Crippen LogP contribution in [-0.2, 0) is 0 Å². The van der Waals surface area contributed by atoms with Crippen LogP contribution in [0.15, 0.2) is 24.9 Å². The molecule has 0 radical (unpaired) electrons. The van der Waals surface area contributed by atoms with Gasteiger partial charge in [0.2, 0.25) is 0 Å². The van der Waals surface area contributed by atoms with E-state index in [2.05, 4.69) is 37.6 Å². The molecule has 0 aromatic carbocycles. The van der Waals surface area contributed by atoms with Crippen molar-refractivity contribution in [1.82, 2.24) is 9.96 Å². The SMILES string of the molecule is C=CC[C@]1(C)CCN(/C=C/C[C@]2(C)CCN(O)C2)C1. The Bertz CT molecular complexity index is 355. The first kappa shape index (κ1) is 14.6. The van der Waals surface area contributed by atoms with E-state index in [1.165, 1.54) is 11.5 Å². The Morgan fingerprint density at radius 3 is 2.42 bits per heavy atom. The van der Waals surface area contributed by atoms with Crippen LogP contribution in [0, 0.1) is 10.8 Å². The quantitative estimate of drug-likeness (QED) is 0.772. The van der Waals surface area contributed by atoms with Gasteiger partial charge < -0.3 is 10.1 Å². The molecule has 2 saturated heterocycles. The molecule has 0 bridgehead atoms. The summed E-state index contributed by atoms with van der Waals surface area (Å²) in [4.78, 5) is 2.43. The molecule has 3 heteroatoms. The monoisotopic (exact) mass is 264 g/mol. The second kappa shape index (κ2) is 5.68. The zero-order valence-electron chi connectivity index (χ0n) is 12.4. The molecule has 2 atom stereocenters. The van der Waals surface area contributed by atoms with Gasteiger partial charge in [0.25, 0.3) is 0 Å². The minimum Gasteiger partial charge on any atom is -0.377 e. The summed E-state index contributed by atoms with van der Waals surface area (Å²) in [7, 11) is 0. The van der Waals surface area contributed by atoms with E-state index >= 15 is 0 Å². The smallest absolute Gasteiger partial charge is 0.0295 e. The molecule has 2 aliphatic heterocycles. The van der Waals surface area contributed by atoms with Gasteiger partial charge in [-0.25, -0.2) is 0 Å². The first-order valence-electron chi connectivity index (χ1n) is 7.40.